The number of rotatable bonds is 3. The molecule has 1 heterocycles. The molecule has 1 atom stereocenters. The molecule has 0 saturated carbocycles. The molecule has 1 aliphatic heterocycles. The molecule has 1 unspecified atom stereocenters. The average Bonchev–Trinajstić information content (AvgIpc) is 2.15. The first-order valence-corrected chi connectivity index (χ1v) is 5.21. The van der Waals surface area contributed by atoms with E-state index in [1.54, 1.807) is 0 Å². The van der Waals surface area contributed by atoms with Crippen molar-refractivity contribution in [3.63, 3.8) is 0 Å². The molecule has 13 heavy (non-hydrogen) atoms. The lowest BCUT2D eigenvalue weighted by Gasteiger charge is -2.22. The smallest absolute Gasteiger partial charge is 0.237 e. The molecule has 2 N–H and O–H groups in total. The van der Waals surface area contributed by atoms with Crippen molar-refractivity contribution in [1.82, 2.24) is 10.6 Å². The fourth-order valence-corrected chi connectivity index (χ4v) is 1.50. The van der Waals surface area contributed by atoms with Gasteiger partial charge in [-0.2, -0.15) is 0 Å². The van der Waals surface area contributed by atoms with Gasteiger partial charge in [0, 0.05) is 6.54 Å². The van der Waals surface area contributed by atoms with Crippen LogP contribution in [0.25, 0.3) is 0 Å². The van der Waals surface area contributed by atoms with E-state index >= 15 is 0 Å². The van der Waals surface area contributed by atoms with E-state index in [2.05, 4.69) is 24.5 Å². The lowest BCUT2D eigenvalue weighted by molar-refractivity contribution is -0.123. The van der Waals surface area contributed by atoms with E-state index in [1.807, 2.05) is 0 Å². The van der Waals surface area contributed by atoms with E-state index in [0.717, 1.165) is 19.5 Å². The highest BCUT2D eigenvalue weighted by Gasteiger charge is 2.19. The molecular weight excluding hydrogens is 164 g/mol. The third-order valence-corrected chi connectivity index (χ3v) is 2.31. The molecule has 0 radical (unpaired) electrons. The van der Waals surface area contributed by atoms with Crippen molar-refractivity contribution >= 4 is 5.91 Å². The van der Waals surface area contributed by atoms with Crippen molar-refractivity contribution in [2.45, 2.75) is 39.2 Å². The SMILES string of the molecule is CC(C)CNC(=O)C1CCCCN1. The number of amides is 1. The van der Waals surface area contributed by atoms with Gasteiger partial charge in [0.05, 0.1) is 6.04 Å². The zero-order valence-corrected chi connectivity index (χ0v) is 8.60. The monoisotopic (exact) mass is 184 g/mol. The van der Waals surface area contributed by atoms with E-state index in [4.69, 9.17) is 0 Å². The summed E-state index contributed by atoms with van der Waals surface area (Å²) in [5.74, 6) is 0.709. The topological polar surface area (TPSA) is 41.1 Å². The van der Waals surface area contributed by atoms with Crippen LogP contribution in [0.4, 0.5) is 0 Å². The van der Waals surface area contributed by atoms with Crippen molar-refractivity contribution in [3.8, 4) is 0 Å². The van der Waals surface area contributed by atoms with Crippen molar-refractivity contribution < 1.29 is 4.79 Å². The minimum atomic E-state index is 0.0625. The summed E-state index contributed by atoms with van der Waals surface area (Å²) in [4.78, 5) is 11.5. The molecule has 1 rings (SSSR count). The molecule has 76 valence electrons. The molecular formula is C10H20N2O. The van der Waals surface area contributed by atoms with Crippen LogP contribution in [0, 0.1) is 5.92 Å². The summed E-state index contributed by atoms with van der Waals surface area (Å²) in [7, 11) is 0. The zero-order chi connectivity index (χ0) is 9.68. The van der Waals surface area contributed by atoms with Gasteiger partial charge < -0.3 is 10.6 Å². The Balaban J connectivity index is 2.21. The number of piperidine rings is 1. The van der Waals surface area contributed by atoms with Crippen LogP contribution in [0.5, 0.6) is 0 Å². The predicted molar refractivity (Wildman–Crippen MR) is 53.5 cm³/mol. The quantitative estimate of drug-likeness (QED) is 0.684. The van der Waals surface area contributed by atoms with Gasteiger partial charge in [-0.3, -0.25) is 4.79 Å². The highest BCUT2D eigenvalue weighted by molar-refractivity contribution is 5.81. The van der Waals surface area contributed by atoms with Gasteiger partial charge in [-0.25, -0.2) is 0 Å². The van der Waals surface area contributed by atoms with Crippen molar-refractivity contribution in [3.05, 3.63) is 0 Å². The molecule has 0 aromatic carbocycles. The van der Waals surface area contributed by atoms with Crippen LogP contribution in [-0.4, -0.2) is 25.0 Å². The van der Waals surface area contributed by atoms with E-state index < -0.39 is 0 Å². The maximum absolute atomic E-state index is 11.5. The highest BCUT2D eigenvalue weighted by Crippen LogP contribution is 2.06. The lowest BCUT2D eigenvalue weighted by Crippen LogP contribution is -2.47. The predicted octanol–water partition coefficient (Wildman–Crippen LogP) is 0.901. The van der Waals surface area contributed by atoms with Crippen molar-refractivity contribution in [1.29, 1.82) is 0 Å². The molecule has 0 spiro atoms. The summed E-state index contributed by atoms with van der Waals surface area (Å²) >= 11 is 0. The minimum Gasteiger partial charge on any atom is -0.354 e. The second kappa shape index (κ2) is 5.22. The Labute approximate surface area is 80.3 Å². The van der Waals surface area contributed by atoms with Gasteiger partial charge in [0.25, 0.3) is 0 Å². The van der Waals surface area contributed by atoms with Crippen molar-refractivity contribution in [2.75, 3.05) is 13.1 Å². The summed E-state index contributed by atoms with van der Waals surface area (Å²) < 4.78 is 0. The van der Waals surface area contributed by atoms with Crippen LogP contribution in [0.3, 0.4) is 0 Å². The average molecular weight is 184 g/mol. The molecule has 3 heteroatoms. The molecule has 0 aromatic rings. The van der Waals surface area contributed by atoms with Gasteiger partial charge in [-0.1, -0.05) is 20.3 Å². The lowest BCUT2D eigenvalue weighted by atomic mass is 10.0. The third kappa shape index (κ3) is 3.77. The van der Waals surface area contributed by atoms with Crippen LogP contribution in [-0.2, 0) is 4.79 Å². The van der Waals surface area contributed by atoms with Crippen LogP contribution < -0.4 is 10.6 Å². The Morgan fingerprint density at radius 1 is 1.54 bits per heavy atom. The minimum absolute atomic E-state index is 0.0625. The van der Waals surface area contributed by atoms with Gasteiger partial charge in [0.15, 0.2) is 0 Å². The Hall–Kier alpha value is -0.570. The van der Waals surface area contributed by atoms with Gasteiger partial charge >= 0.3 is 0 Å². The van der Waals surface area contributed by atoms with E-state index in [0.29, 0.717) is 5.92 Å². The number of nitrogens with one attached hydrogen (secondary N) is 2. The number of hydrogen-bond acceptors (Lipinski definition) is 2. The standard InChI is InChI=1S/C10H20N2O/c1-8(2)7-12-10(13)9-5-3-4-6-11-9/h8-9,11H,3-7H2,1-2H3,(H,12,13). The maximum atomic E-state index is 11.5. The van der Waals surface area contributed by atoms with Gasteiger partial charge in [0.2, 0.25) is 5.91 Å². The Morgan fingerprint density at radius 2 is 2.31 bits per heavy atom. The Bertz CT molecular complexity index is 162. The van der Waals surface area contributed by atoms with Gasteiger partial charge in [-0.15, -0.1) is 0 Å². The Morgan fingerprint density at radius 3 is 2.85 bits per heavy atom. The second-order valence-corrected chi connectivity index (χ2v) is 4.14. The first kappa shape index (κ1) is 10.5. The molecule has 0 aromatic heterocycles. The van der Waals surface area contributed by atoms with E-state index in [9.17, 15) is 4.79 Å². The first-order valence-electron chi connectivity index (χ1n) is 5.21. The van der Waals surface area contributed by atoms with E-state index in [-0.39, 0.29) is 11.9 Å². The fraction of sp³-hybridized carbons (Fsp3) is 0.900. The number of carbonyl (C=O) groups is 1. The summed E-state index contributed by atoms with van der Waals surface area (Å²) in [6.07, 6.45) is 3.37. The summed E-state index contributed by atoms with van der Waals surface area (Å²) in [5.41, 5.74) is 0. The zero-order valence-electron chi connectivity index (χ0n) is 8.60. The van der Waals surface area contributed by atoms with Crippen LogP contribution in [0.2, 0.25) is 0 Å². The Kier molecular flexibility index (Phi) is 4.22. The van der Waals surface area contributed by atoms with Crippen LogP contribution >= 0.6 is 0 Å². The second-order valence-electron chi connectivity index (χ2n) is 4.14. The molecule has 3 nitrogen and oxygen atoms in total. The maximum Gasteiger partial charge on any atom is 0.237 e. The molecule has 1 fully saturated rings. The summed E-state index contributed by atoms with van der Waals surface area (Å²) in [5, 5.41) is 6.18. The summed E-state index contributed by atoms with van der Waals surface area (Å²) in [6, 6.07) is 0.0625. The largest absolute Gasteiger partial charge is 0.354 e. The fourth-order valence-electron chi connectivity index (χ4n) is 1.50. The van der Waals surface area contributed by atoms with E-state index in [1.165, 1.54) is 12.8 Å². The highest BCUT2D eigenvalue weighted by atomic mass is 16.2. The van der Waals surface area contributed by atoms with Crippen LogP contribution in [0.1, 0.15) is 33.1 Å². The molecule has 1 amide bonds. The van der Waals surface area contributed by atoms with Gasteiger partial charge in [0.1, 0.15) is 0 Å². The van der Waals surface area contributed by atoms with Gasteiger partial charge in [-0.05, 0) is 25.3 Å². The number of carbonyl (C=O) groups excluding carboxylic acids is 1. The van der Waals surface area contributed by atoms with Crippen LogP contribution in [0.15, 0.2) is 0 Å². The first-order chi connectivity index (χ1) is 6.20. The van der Waals surface area contributed by atoms with Crippen molar-refractivity contribution in [2.24, 2.45) is 5.92 Å². The molecule has 1 aliphatic rings. The molecule has 1 saturated heterocycles. The number of hydrogen-bond donors (Lipinski definition) is 2. The molecule has 0 bridgehead atoms. The summed E-state index contributed by atoms with van der Waals surface area (Å²) in [6.45, 7) is 5.99. The third-order valence-electron chi connectivity index (χ3n) is 2.31. The normalized spacial score (nSPS) is 23.2. The molecule has 0 aliphatic carbocycles.